The third-order valence-corrected chi connectivity index (χ3v) is 11.8. The molecular weight excluding hydrogens is 468 g/mol. The van der Waals surface area contributed by atoms with Gasteiger partial charge in [0.15, 0.2) is 0 Å². The average Bonchev–Trinajstić information content (AvgIpc) is 2.83. The maximum absolute atomic E-state index is 11.4. The van der Waals surface area contributed by atoms with Crippen LogP contribution in [0.4, 0.5) is 0 Å². The molecule has 0 aliphatic carbocycles. The van der Waals surface area contributed by atoms with Crippen molar-refractivity contribution < 1.29 is 19.8 Å². The van der Waals surface area contributed by atoms with Crippen LogP contribution in [0, 0.1) is 0 Å². The Morgan fingerprint density at radius 1 is 0.444 bits per heavy atom. The number of unbranched alkanes of at least 4 members (excludes halogenated alkanes) is 18. The van der Waals surface area contributed by atoms with Gasteiger partial charge in [-0.3, -0.25) is 9.59 Å². The minimum absolute atomic E-state index is 0. The Balaban J connectivity index is 0. The Morgan fingerprint density at radius 2 is 0.694 bits per heavy atom. The lowest BCUT2D eigenvalue weighted by atomic mass is 10.1. The molecule has 0 aromatic heterocycles. The van der Waals surface area contributed by atoms with Gasteiger partial charge < -0.3 is 10.2 Å². The summed E-state index contributed by atoms with van der Waals surface area (Å²) in [5.74, 6) is 2.10. The summed E-state index contributed by atoms with van der Waals surface area (Å²) in [6.07, 6.45) is 26.4. The number of hydrogen-bond donors (Lipinski definition) is 2. The Labute approximate surface area is 227 Å². The molecular formula is C31H64O4S. The molecule has 0 unspecified atom stereocenters. The molecule has 0 aliphatic rings. The van der Waals surface area contributed by atoms with Crippen LogP contribution in [0.3, 0.4) is 0 Å². The highest BCUT2D eigenvalue weighted by Crippen LogP contribution is 2.51. The number of carboxylic acids is 2. The summed E-state index contributed by atoms with van der Waals surface area (Å²) in [4.78, 5) is 22.7. The lowest BCUT2D eigenvalue weighted by molar-refractivity contribution is -0.137. The molecule has 0 radical (unpaired) electrons. The molecule has 4 nitrogen and oxygen atoms in total. The van der Waals surface area contributed by atoms with Gasteiger partial charge in [0.2, 0.25) is 0 Å². The smallest absolute Gasteiger partial charge is 0.304 e. The van der Waals surface area contributed by atoms with E-state index in [0.29, 0.717) is 11.5 Å². The van der Waals surface area contributed by atoms with Crippen molar-refractivity contribution in [3.8, 4) is 0 Å². The first-order valence-electron chi connectivity index (χ1n) is 15.1. The van der Waals surface area contributed by atoms with Crippen LogP contribution in [0.2, 0.25) is 0 Å². The molecule has 0 bridgehead atoms. The lowest BCUT2D eigenvalue weighted by Crippen LogP contribution is -2.21. The fourth-order valence-corrected chi connectivity index (χ4v) is 9.08. The predicted molar refractivity (Wildman–Crippen MR) is 162 cm³/mol. The van der Waals surface area contributed by atoms with E-state index in [2.05, 4.69) is 13.8 Å². The third-order valence-electron chi connectivity index (χ3n) is 7.36. The summed E-state index contributed by atoms with van der Waals surface area (Å²) in [6, 6.07) is 0. The number of carboxylic acid groups (broad SMARTS) is 2. The number of rotatable bonds is 28. The first kappa shape index (κ1) is 37.4. The van der Waals surface area contributed by atoms with Gasteiger partial charge in [-0.1, -0.05) is 137 Å². The quantitative estimate of drug-likeness (QED) is 0.0983. The van der Waals surface area contributed by atoms with Crippen LogP contribution in [0.1, 0.15) is 163 Å². The number of hydrogen-bond acceptors (Lipinski definition) is 2. The molecule has 36 heavy (non-hydrogen) atoms. The molecule has 2 N–H and O–H groups in total. The Hall–Kier alpha value is -0.710. The van der Waals surface area contributed by atoms with Gasteiger partial charge in [0.25, 0.3) is 0 Å². The molecule has 0 saturated heterocycles. The second-order valence-electron chi connectivity index (χ2n) is 10.7. The van der Waals surface area contributed by atoms with Crippen LogP contribution >= 0.6 is 10.0 Å². The van der Waals surface area contributed by atoms with Gasteiger partial charge in [-0.25, -0.2) is 10.0 Å². The third kappa shape index (κ3) is 25.0. The standard InChI is InChI=1S/C30H60O4S.CH4/c1-3-5-7-9-11-13-15-17-19-21-25-35(27-23-29(31)32,28-24-30(33)34)26-22-20-18-16-14-12-10-8-6-4-2;/h3-28H2,1-2H3,(H,31,32)(H,33,34);1H4. The van der Waals surface area contributed by atoms with Crippen molar-refractivity contribution in [1.29, 1.82) is 0 Å². The van der Waals surface area contributed by atoms with E-state index in [4.69, 9.17) is 0 Å². The van der Waals surface area contributed by atoms with E-state index in [1.165, 1.54) is 116 Å². The molecule has 0 saturated carbocycles. The summed E-state index contributed by atoms with van der Waals surface area (Å²) in [6.45, 7) is 4.51. The fourth-order valence-electron chi connectivity index (χ4n) is 5.01. The number of aliphatic carboxylic acids is 2. The van der Waals surface area contributed by atoms with Crippen molar-refractivity contribution >= 4 is 22.0 Å². The van der Waals surface area contributed by atoms with E-state index in [1.807, 2.05) is 0 Å². The topological polar surface area (TPSA) is 74.6 Å². The lowest BCUT2D eigenvalue weighted by Gasteiger charge is -2.40. The minimum Gasteiger partial charge on any atom is -0.481 e. The highest BCUT2D eigenvalue weighted by atomic mass is 32.3. The predicted octanol–water partition coefficient (Wildman–Crippen LogP) is 10.2. The van der Waals surface area contributed by atoms with Crippen LogP contribution in [0.15, 0.2) is 0 Å². The summed E-state index contributed by atoms with van der Waals surface area (Å²) < 4.78 is 0. The average molecular weight is 533 g/mol. The Bertz CT molecular complexity index is 451. The Morgan fingerprint density at radius 3 is 0.944 bits per heavy atom. The van der Waals surface area contributed by atoms with Crippen molar-refractivity contribution in [2.75, 3.05) is 23.0 Å². The van der Waals surface area contributed by atoms with Crippen molar-refractivity contribution in [3.05, 3.63) is 0 Å². The normalized spacial score (nSPS) is 11.8. The summed E-state index contributed by atoms with van der Waals surface area (Å²) in [5.41, 5.74) is 0. The molecule has 0 rings (SSSR count). The van der Waals surface area contributed by atoms with E-state index < -0.39 is 22.0 Å². The second kappa shape index (κ2) is 27.3. The zero-order chi connectivity index (χ0) is 26.0. The monoisotopic (exact) mass is 532 g/mol. The van der Waals surface area contributed by atoms with Crippen molar-refractivity contribution in [1.82, 2.24) is 0 Å². The molecule has 0 heterocycles. The first-order valence-corrected chi connectivity index (χ1v) is 17.4. The molecule has 0 atom stereocenters. The van der Waals surface area contributed by atoms with Crippen LogP contribution in [-0.2, 0) is 9.59 Å². The summed E-state index contributed by atoms with van der Waals surface area (Å²) in [5, 5.41) is 18.7. The van der Waals surface area contributed by atoms with Crippen LogP contribution < -0.4 is 0 Å². The Kier molecular flexibility index (Phi) is 28.4. The van der Waals surface area contributed by atoms with Crippen LogP contribution in [0.5, 0.6) is 0 Å². The second-order valence-corrected chi connectivity index (χ2v) is 14.8. The zero-order valence-electron chi connectivity index (χ0n) is 23.5. The summed E-state index contributed by atoms with van der Waals surface area (Å²) in [7, 11) is -1.16. The van der Waals surface area contributed by atoms with E-state index in [-0.39, 0.29) is 20.3 Å². The molecule has 0 fully saturated rings. The molecule has 5 heteroatoms. The molecule has 0 spiro atoms. The molecule has 218 valence electrons. The minimum atomic E-state index is -1.16. The summed E-state index contributed by atoms with van der Waals surface area (Å²) >= 11 is 0. The highest BCUT2D eigenvalue weighted by Gasteiger charge is 2.25. The van der Waals surface area contributed by atoms with Gasteiger partial charge in [0.05, 0.1) is 12.8 Å². The van der Waals surface area contributed by atoms with Crippen molar-refractivity contribution in [2.24, 2.45) is 0 Å². The zero-order valence-corrected chi connectivity index (χ0v) is 24.3. The van der Waals surface area contributed by atoms with Gasteiger partial charge >= 0.3 is 11.9 Å². The van der Waals surface area contributed by atoms with E-state index in [9.17, 15) is 19.8 Å². The van der Waals surface area contributed by atoms with Crippen molar-refractivity contribution in [3.63, 3.8) is 0 Å². The number of carbonyl (C=O) groups is 2. The highest BCUT2D eigenvalue weighted by molar-refractivity contribution is 8.33. The molecule has 0 amide bonds. The van der Waals surface area contributed by atoms with Crippen LogP contribution in [0.25, 0.3) is 0 Å². The van der Waals surface area contributed by atoms with Crippen LogP contribution in [-0.4, -0.2) is 45.2 Å². The van der Waals surface area contributed by atoms with Gasteiger partial charge in [0, 0.05) is 0 Å². The van der Waals surface area contributed by atoms with Gasteiger partial charge in [-0.2, -0.15) is 0 Å². The largest absolute Gasteiger partial charge is 0.481 e. The van der Waals surface area contributed by atoms with Crippen molar-refractivity contribution in [2.45, 2.75) is 163 Å². The van der Waals surface area contributed by atoms with Gasteiger partial charge in [-0.05, 0) is 35.9 Å². The fraction of sp³-hybridized carbons (Fsp3) is 0.935. The SMILES string of the molecule is C.CCCCCCCCCCCCS(CCCCCCCCCCCC)(CCC(=O)O)CCC(=O)O. The van der Waals surface area contributed by atoms with E-state index in [0.717, 1.165) is 24.3 Å². The maximum atomic E-state index is 11.4. The maximum Gasteiger partial charge on any atom is 0.304 e. The van der Waals surface area contributed by atoms with E-state index >= 15 is 0 Å². The van der Waals surface area contributed by atoms with Gasteiger partial charge in [-0.15, -0.1) is 0 Å². The first-order chi connectivity index (χ1) is 17.0. The molecule has 0 aromatic carbocycles. The van der Waals surface area contributed by atoms with E-state index in [1.54, 1.807) is 0 Å². The van der Waals surface area contributed by atoms with Gasteiger partial charge in [0.1, 0.15) is 0 Å². The molecule has 0 aromatic rings. The molecule has 0 aliphatic heterocycles.